The molecule has 0 aliphatic rings. The monoisotopic (exact) mass is 350 g/mol. The summed E-state index contributed by atoms with van der Waals surface area (Å²) in [5, 5.41) is 11.5. The van der Waals surface area contributed by atoms with E-state index >= 15 is 0 Å². The Hall–Kier alpha value is -0.0300. The number of hydrogen-bond donors (Lipinski definition) is 1. The van der Waals surface area contributed by atoms with E-state index < -0.39 is 5.91 Å². The van der Waals surface area contributed by atoms with Crippen LogP contribution in [0.5, 0.6) is 0 Å². The van der Waals surface area contributed by atoms with Crippen molar-refractivity contribution in [3.8, 4) is 6.07 Å². The summed E-state index contributed by atoms with van der Waals surface area (Å²) in [5.41, 5.74) is 0.588. The Kier molecular flexibility index (Phi) is 8.95. The van der Waals surface area contributed by atoms with E-state index in [1.807, 2.05) is 6.07 Å². The molecule has 88 valence electrons. The average Bonchev–Trinajstić information content (AvgIpc) is 2.32. The van der Waals surface area contributed by atoms with E-state index in [1.165, 1.54) is 11.8 Å². The van der Waals surface area contributed by atoms with Crippen molar-refractivity contribution in [2.45, 2.75) is 0 Å². The molecule has 1 aromatic carbocycles. The Morgan fingerprint density at radius 1 is 1.44 bits per heavy atom. The van der Waals surface area contributed by atoms with E-state index in [9.17, 15) is 4.79 Å². The van der Waals surface area contributed by atoms with Crippen LogP contribution >= 0.6 is 27.7 Å². The molecule has 0 unspecified atom stereocenters. The molecule has 0 spiro atoms. The van der Waals surface area contributed by atoms with Crippen molar-refractivity contribution < 1.29 is 34.4 Å². The molecule has 7 heteroatoms. The van der Waals surface area contributed by atoms with Crippen LogP contribution < -0.4 is 34.9 Å². The minimum Gasteiger partial charge on any atom is -0.772 e. The number of nitrogens with zero attached hydrogens (tertiary/aromatic N) is 1. The van der Waals surface area contributed by atoms with Crippen molar-refractivity contribution in [3.63, 3.8) is 0 Å². The summed E-state index contributed by atoms with van der Waals surface area (Å²) < 4.78 is 1.21. The standard InChI is InChI=1S/C11H9BrN2OS2.Na/c1-17-11(16)9(6-13)10(15)14-8-4-2-7(12)3-5-8;/h2-5,16H,1H3,(H,14,15);/q;+1/p-1/b11-9+;. The number of benzene rings is 1. The van der Waals surface area contributed by atoms with Gasteiger partial charge in [-0.1, -0.05) is 15.9 Å². The van der Waals surface area contributed by atoms with Gasteiger partial charge in [0.25, 0.3) is 5.91 Å². The minimum atomic E-state index is -0.478. The van der Waals surface area contributed by atoms with Crippen molar-refractivity contribution >= 4 is 51.9 Å². The van der Waals surface area contributed by atoms with Crippen molar-refractivity contribution in [1.29, 1.82) is 5.26 Å². The zero-order valence-corrected chi connectivity index (χ0v) is 15.1. The van der Waals surface area contributed by atoms with Crippen LogP contribution in [0.25, 0.3) is 0 Å². The summed E-state index contributed by atoms with van der Waals surface area (Å²) in [6.45, 7) is 0. The second-order valence-corrected chi connectivity index (χ2v) is 5.34. The number of nitrogens with one attached hydrogen (secondary N) is 1. The summed E-state index contributed by atoms with van der Waals surface area (Å²) in [6, 6.07) is 8.89. The van der Waals surface area contributed by atoms with Crippen molar-refractivity contribution in [1.82, 2.24) is 0 Å². The normalized spacial score (nSPS) is 10.7. The van der Waals surface area contributed by atoms with E-state index in [1.54, 1.807) is 30.5 Å². The third-order valence-electron chi connectivity index (χ3n) is 1.83. The summed E-state index contributed by atoms with van der Waals surface area (Å²) in [5.74, 6) is -0.478. The van der Waals surface area contributed by atoms with Crippen LogP contribution in [-0.2, 0) is 17.4 Å². The minimum absolute atomic E-state index is 0. The Labute approximate surface area is 146 Å². The fourth-order valence-corrected chi connectivity index (χ4v) is 1.76. The molecule has 1 rings (SSSR count). The Bertz CT molecular complexity index is 497. The van der Waals surface area contributed by atoms with E-state index in [-0.39, 0.29) is 35.1 Å². The molecule has 0 fully saturated rings. The predicted molar refractivity (Wildman–Crippen MR) is 76.3 cm³/mol. The Balaban J connectivity index is 0.00000289. The fraction of sp³-hybridized carbons (Fsp3) is 0.0909. The van der Waals surface area contributed by atoms with E-state index in [2.05, 4.69) is 21.2 Å². The van der Waals surface area contributed by atoms with Crippen LogP contribution in [-0.4, -0.2) is 12.2 Å². The summed E-state index contributed by atoms with van der Waals surface area (Å²) in [4.78, 5) is 11.7. The molecule has 0 atom stereocenters. The van der Waals surface area contributed by atoms with E-state index in [0.29, 0.717) is 9.92 Å². The first-order valence-corrected chi connectivity index (χ1v) is 6.93. The van der Waals surface area contributed by atoms with Gasteiger partial charge in [-0.15, -0.1) is 4.24 Å². The van der Waals surface area contributed by atoms with Crippen molar-refractivity contribution in [2.75, 3.05) is 11.6 Å². The second kappa shape index (κ2) is 8.97. The third kappa shape index (κ3) is 5.31. The van der Waals surface area contributed by atoms with Crippen molar-refractivity contribution in [2.24, 2.45) is 0 Å². The maximum Gasteiger partial charge on any atom is 1.00 e. The van der Waals surface area contributed by atoms with Gasteiger partial charge in [0.1, 0.15) is 11.6 Å². The zero-order valence-electron chi connectivity index (χ0n) is 9.86. The van der Waals surface area contributed by atoms with Crippen LogP contribution in [0.15, 0.2) is 38.5 Å². The van der Waals surface area contributed by atoms with Gasteiger partial charge >= 0.3 is 29.6 Å². The van der Waals surface area contributed by atoms with E-state index in [4.69, 9.17) is 17.9 Å². The number of amides is 1. The molecule has 0 heterocycles. The Morgan fingerprint density at radius 3 is 2.44 bits per heavy atom. The van der Waals surface area contributed by atoms with Gasteiger partial charge < -0.3 is 17.9 Å². The number of hydrogen-bond acceptors (Lipinski definition) is 4. The SMILES string of the molecule is CS/C([S-])=C(\C#N)C(=O)Nc1ccc(Br)cc1.[Na+]. The summed E-state index contributed by atoms with van der Waals surface area (Å²) >= 11 is 9.42. The molecule has 0 aromatic heterocycles. The average molecular weight is 351 g/mol. The predicted octanol–water partition coefficient (Wildman–Crippen LogP) is 0.0367. The van der Waals surface area contributed by atoms with E-state index in [0.717, 1.165) is 4.47 Å². The molecule has 0 bridgehead atoms. The fourth-order valence-electron chi connectivity index (χ4n) is 1.02. The van der Waals surface area contributed by atoms with Gasteiger partial charge in [0.2, 0.25) is 0 Å². The van der Waals surface area contributed by atoms with Gasteiger partial charge in [-0.2, -0.15) is 17.0 Å². The van der Waals surface area contributed by atoms with Crippen LogP contribution in [0, 0.1) is 11.3 Å². The molecule has 0 radical (unpaired) electrons. The molecule has 3 nitrogen and oxygen atoms in total. The molecular formula is C11H8BrN2NaOS2. The summed E-state index contributed by atoms with van der Waals surface area (Å²) in [7, 11) is 0. The van der Waals surface area contributed by atoms with Crippen LogP contribution in [0.4, 0.5) is 5.69 Å². The number of thioether (sulfide) groups is 1. The Morgan fingerprint density at radius 2 is 2.00 bits per heavy atom. The first-order valence-electron chi connectivity index (χ1n) is 4.50. The number of nitriles is 1. The van der Waals surface area contributed by atoms with Gasteiger partial charge in [-0.3, -0.25) is 4.79 Å². The third-order valence-corrected chi connectivity index (χ3v) is 3.64. The zero-order chi connectivity index (χ0) is 12.8. The van der Waals surface area contributed by atoms with Crippen LogP contribution in [0.3, 0.4) is 0 Å². The molecule has 0 saturated carbocycles. The first kappa shape index (κ1) is 18.0. The van der Waals surface area contributed by atoms with Gasteiger partial charge in [-0.25, -0.2) is 0 Å². The molecule has 0 aliphatic heterocycles. The van der Waals surface area contributed by atoms with Crippen LogP contribution in [0.1, 0.15) is 0 Å². The maximum atomic E-state index is 11.7. The van der Waals surface area contributed by atoms with Gasteiger partial charge in [0.05, 0.1) is 0 Å². The van der Waals surface area contributed by atoms with Gasteiger partial charge in [0.15, 0.2) is 0 Å². The summed E-state index contributed by atoms with van der Waals surface area (Å²) in [6.07, 6.45) is 1.73. The number of carbonyl (C=O) groups is 1. The smallest absolute Gasteiger partial charge is 0.772 e. The number of halogens is 1. The molecule has 1 aromatic rings. The first-order chi connectivity index (χ1) is 8.08. The van der Waals surface area contributed by atoms with Crippen molar-refractivity contribution in [3.05, 3.63) is 38.5 Å². The number of carbonyl (C=O) groups excluding carboxylic acids is 1. The second-order valence-electron chi connectivity index (χ2n) is 2.94. The molecule has 18 heavy (non-hydrogen) atoms. The topological polar surface area (TPSA) is 52.9 Å². The number of anilines is 1. The van der Waals surface area contributed by atoms with Gasteiger partial charge in [0, 0.05) is 10.2 Å². The molecule has 1 N–H and O–H groups in total. The maximum absolute atomic E-state index is 11.7. The number of rotatable bonds is 3. The molecular weight excluding hydrogens is 343 g/mol. The quantitative estimate of drug-likeness (QED) is 0.362. The molecule has 0 saturated heterocycles. The largest absolute Gasteiger partial charge is 1.00 e. The van der Waals surface area contributed by atoms with Crippen LogP contribution in [0.2, 0.25) is 0 Å². The van der Waals surface area contributed by atoms with Gasteiger partial charge in [-0.05, 0) is 30.5 Å². The molecule has 1 amide bonds. The molecule has 0 aliphatic carbocycles.